The highest BCUT2D eigenvalue weighted by Gasteiger charge is 2.29. The highest BCUT2D eigenvalue weighted by molar-refractivity contribution is 6.37. The van der Waals surface area contributed by atoms with Crippen LogP contribution in [0.3, 0.4) is 0 Å². The van der Waals surface area contributed by atoms with Gasteiger partial charge in [0.15, 0.2) is 0 Å². The van der Waals surface area contributed by atoms with Gasteiger partial charge in [0.25, 0.3) is 5.91 Å². The van der Waals surface area contributed by atoms with Gasteiger partial charge in [-0.1, -0.05) is 48.0 Å². The third kappa shape index (κ3) is 2.04. The first-order valence-corrected chi connectivity index (χ1v) is 6.39. The van der Waals surface area contributed by atoms with Crippen LogP contribution < -0.4 is 4.90 Å². The van der Waals surface area contributed by atoms with Crippen LogP contribution in [0.2, 0.25) is 5.02 Å². The minimum atomic E-state index is 0.00104. The van der Waals surface area contributed by atoms with E-state index < -0.39 is 0 Å². The minimum absolute atomic E-state index is 0.00104. The lowest BCUT2D eigenvalue weighted by atomic mass is 10.0. The first kappa shape index (κ1) is 12.0. The maximum Gasteiger partial charge on any atom is 0.258 e. The molecule has 0 N–H and O–H groups in total. The number of rotatable bonds is 1. The van der Waals surface area contributed by atoms with E-state index in [1.165, 1.54) is 0 Å². The van der Waals surface area contributed by atoms with Gasteiger partial charge in [0, 0.05) is 23.2 Å². The summed E-state index contributed by atoms with van der Waals surface area (Å²) in [6.45, 7) is 0. The summed E-state index contributed by atoms with van der Waals surface area (Å²) in [5.41, 5.74) is 3.52. The number of fused-ring (bicyclic) bond motifs is 1. The Balaban J connectivity index is 2.14. The zero-order chi connectivity index (χ0) is 13.4. The van der Waals surface area contributed by atoms with E-state index in [9.17, 15) is 4.79 Å². The number of anilines is 1. The van der Waals surface area contributed by atoms with Gasteiger partial charge in [0.05, 0.1) is 5.69 Å². The van der Waals surface area contributed by atoms with Crippen molar-refractivity contribution in [2.24, 2.45) is 0 Å². The van der Waals surface area contributed by atoms with E-state index in [4.69, 9.17) is 11.6 Å². The molecule has 0 spiro atoms. The van der Waals surface area contributed by atoms with Crippen LogP contribution in [0, 0.1) is 0 Å². The maximum atomic E-state index is 12.3. The molecule has 0 atom stereocenters. The van der Waals surface area contributed by atoms with Crippen LogP contribution in [-0.4, -0.2) is 13.0 Å². The van der Waals surface area contributed by atoms with Crippen LogP contribution in [0.1, 0.15) is 11.1 Å². The zero-order valence-corrected chi connectivity index (χ0v) is 11.2. The van der Waals surface area contributed by atoms with Gasteiger partial charge in [-0.15, -0.1) is 0 Å². The lowest BCUT2D eigenvalue weighted by Gasteiger charge is -2.08. The largest absolute Gasteiger partial charge is 0.311 e. The van der Waals surface area contributed by atoms with E-state index in [0.717, 1.165) is 16.8 Å². The zero-order valence-electron chi connectivity index (χ0n) is 10.4. The van der Waals surface area contributed by atoms with Gasteiger partial charge in [-0.25, -0.2) is 0 Å². The number of halogens is 1. The molecule has 3 heteroatoms. The molecule has 0 bridgehead atoms. The third-order valence-corrected chi connectivity index (χ3v) is 3.49. The topological polar surface area (TPSA) is 20.3 Å². The molecule has 3 rings (SSSR count). The Bertz CT molecular complexity index is 676. The van der Waals surface area contributed by atoms with E-state index >= 15 is 0 Å². The van der Waals surface area contributed by atoms with E-state index in [-0.39, 0.29) is 5.91 Å². The molecule has 0 saturated heterocycles. The second kappa shape index (κ2) is 4.56. The molecular weight excluding hydrogens is 258 g/mol. The van der Waals surface area contributed by atoms with Crippen molar-refractivity contribution in [1.82, 2.24) is 0 Å². The number of benzene rings is 2. The fraction of sp³-hybridized carbons (Fsp3) is 0.0625. The lowest BCUT2D eigenvalue weighted by Crippen LogP contribution is -2.20. The normalized spacial score (nSPS) is 16.0. The quantitative estimate of drug-likeness (QED) is 0.720. The van der Waals surface area contributed by atoms with Gasteiger partial charge in [0.2, 0.25) is 0 Å². The average molecular weight is 270 g/mol. The van der Waals surface area contributed by atoms with Gasteiger partial charge >= 0.3 is 0 Å². The molecule has 2 aromatic carbocycles. The summed E-state index contributed by atoms with van der Waals surface area (Å²) in [6, 6.07) is 15.4. The van der Waals surface area contributed by atoms with Crippen molar-refractivity contribution < 1.29 is 4.79 Å². The van der Waals surface area contributed by atoms with Gasteiger partial charge in [-0.05, 0) is 23.8 Å². The van der Waals surface area contributed by atoms with E-state index in [2.05, 4.69) is 0 Å². The Kier molecular flexibility index (Phi) is 2.88. The number of hydrogen-bond donors (Lipinski definition) is 0. The molecule has 1 aliphatic rings. The number of carbonyl (C=O) groups excluding carboxylic acids is 1. The van der Waals surface area contributed by atoms with Gasteiger partial charge < -0.3 is 4.90 Å². The fourth-order valence-electron chi connectivity index (χ4n) is 2.27. The van der Waals surface area contributed by atoms with Crippen LogP contribution in [0.15, 0.2) is 48.5 Å². The van der Waals surface area contributed by atoms with Crippen LogP contribution in [0.4, 0.5) is 5.69 Å². The molecule has 94 valence electrons. The van der Waals surface area contributed by atoms with Crippen LogP contribution in [0.25, 0.3) is 11.6 Å². The maximum absolute atomic E-state index is 12.3. The number of carbonyl (C=O) groups is 1. The Morgan fingerprint density at radius 2 is 1.84 bits per heavy atom. The smallest absolute Gasteiger partial charge is 0.258 e. The van der Waals surface area contributed by atoms with Crippen LogP contribution in [-0.2, 0) is 4.79 Å². The standard InChI is InChI=1S/C16H12ClNO/c1-18-15-10-12(17)7-8-13(15)14(16(18)19)9-11-5-3-2-4-6-11/h2-10H,1H3/b14-9+. The predicted octanol–water partition coefficient (Wildman–Crippen LogP) is 3.86. The van der Waals surface area contributed by atoms with E-state index in [1.54, 1.807) is 11.9 Å². The first-order chi connectivity index (χ1) is 9.16. The van der Waals surface area contributed by atoms with Gasteiger partial charge in [0.1, 0.15) is 0 Å². The molecule has 0 aliphatic carbocycles. The second-order valence-corrected chi connectivity index (χ2v) is 4.93. The van der Waals surface area contributed by atoms with Gasteiger partial charge in [-0.2, -0.15) is 0 Å². The summed E-state index contributed by atoms with van der Waals surface area (Å²) >= 11 is 5.99. The molecule has 0 aromatic heterocycles. The third-order valence-electron chi connectivity index (χ3n) is 3.26. The number of nitrogens with zero attached hydrogens (tertiary/aromatic N) is 1. The van der Waals surface area contributed by atoms with Crippen molar-refractivity contribution in [3.63, 3.8) is 0 Å². The SMILES string of the molecule is CN1C(=O)/C(=C/c2ccccc2)c2ccc(Cl)cc21. The molecule has 2 nitrogen and oxygen atoms in total. The Labute approximate surface area is 116 Å². The van der Waals surface area contributed by atoms with Crippen molar-refractivity contribution in [2.75, 3.05) is 11.9 Å². The summed E-state index contributed by atoms with van der Waals surface area (Å²) in [6.07, 6.45) is 1.92. The number of amides is 1. The monoisotopic (exact) mass is 269 g/mol. The van der Waals surface area contributed by atoms with Crippen LogP contribution >= 0.6 is 11.6 Å². The van der Waals surface area contributed by atoms with Crippen molar-refractivity contribution in [2.45, 2.75) is 0 Å². The Hall–Kier alpha value is -2.06. The highest BCUT2D eigenvalue weighted by atomic mass is 35.5. The Morgan fingerprint density at radius 1 is 1.11 bits per heavy atom. The molecule has 1 aliphatic heterocycles. The predicted molar refractivity (Wildman–Crippen MR) is 79.2 cm³/mol. The minimum Gasteiger partial charge on any atom is -0.311 e. The first-order valence-electron chi connectivity index (χ1n) is 6.01. The number of hydrogen-bond acceptors (Lipinski definition) is 1. The van der Waals surface area contributed by atoms with Crippen molar-refractivity contribution in [3.05, 3.63) is 64.7 Å². The summed E-state index contributed by atoms with van der Waals surface area (Å²) in [4.78, 5) is 13.9. The molecule has 0 saturated carbocycles. The van der Waals surface area contributed by atoms with Crippen molar-refractivity contribution >= 4 is 34.8 Å². The molecule has 0 unspecified atom stereocenters. The summed E-state index contributed by atoms with van der Waals surface area (Å²) in [5.74, 6) is 0.00104. The van der Waals surface area contributed by atoms with Gasteiger partial charge in [-0.3, -0.25) is 4.79 Å². The molecule has 2 aromatic rings. The molecule has 1 heterocycles. The van der Waals surface area contributed by atoms with E-state index in [0.29, 0.717) is 10.6 Å². The molecule has 19 heavy (non-hydrogen) atoms. The molecular formula is C16H12ClNO. The van der Waals surface area contributed by atoms with Crippen molar-refractivity contribution in [3.8, 4) is 0 Å². The highest BCUT2D eigenvalue weighted by Crippen LogP contribution is 2.38. The van der Waals surface area contributed by atoms with E-state index in [1.807, 2.05) is 54.6 Å². The van der Waals surface area contributed by atoms with Crippen molar-refractivity contribution in [1.29, 1.82) is 0 Å². The lowest BCUT2D eigenvalue weighted by molar-refractivity contribution is -0.112. The number of likely N-dealkylation sites (N-methyl/N-ethyl adjacent to an activating group) is 1. The molecule has 1 amide bonds. The summed E-state index contributed by atoms with van der Waals surface area (Å²) < 4.78 is 0. The molecule has 0 fully saturated rings. The fourth-order valence-corrected chi connectivity index (χ4v) is 2.44. The van der Waals surface area contributed by atoms with Crippen LogP contribution in [0.5, 0.6) is 0 Å². The Morgan fingerprint density at radius 3 is 2.58 bits per heavy atom. The molecule has 0 radical (unpaired) electrons. The summed E-state index contributed by atoms with van der Waals surface area (Å²) in [7, 11) is 1.77. The second-order valence-electron chi connectivity index (χ2n) is 4.49. The average Bonchev–Trinajstić information content (AvgIpc) is 2.65. The summed E-state index contributed by atoms with van der Waals surface area (Å²) in [5, 5.41) is 0.638.